The quantitative estimate of drug-likeness (QED) is 0.629. The summed E-state index contributed by atoms with van der Waals surface area (Å²) in [5.41, 5.74) is 3.29. The van der Waals surface area contributed by atoms with Crippen LogP contribution >= 0.6 is 0 Å². The summed E-state index contributed by atoms with van der Waals surface area (Å²) >= 11 is 0. The Morgan fingerprint density at radius 1 is 0.966 bits per heavy atom. The lowest BCUT2D eigenvalue weighted by molar-refractivity contribution is 0.102. The number of nitrogens with one attached hydrogen (secondary N) is 1. The molecule has 1 aromatic heterocycles. The molecule has 29 heavy (non-hydrogen) atoms. The molecule has 0 radical (unpaired) electrons. The van der Waals surface area contributed by atoms with Crippen LogP contribution in [-0.2, 0) is 5.41 Å². The topological polar surface area (TPSA) is 64.1 Å². The van der Waals surface area contributed by atoms with Gasteiger partial charge in [0.25, 0.3) is 5.91 Å². The number of nitrogens with zero attached hydrogens (tertiary/aromatic N) is 2. The SMILES string of the molecule is Cc1nc(Oc2ccccc2F)nc(C)c1NC(=O)c1ccc(C(C)(C)C)cc1. The van der Waals surface area contributed by atoms with Gasteiger partial charge in [0.1, 0.15) is 0 Å². The molecule has 150 valence electrons. The van der Waals surface area contributed by atoms with E-state index in [1.807, 2.05) is 12.1 Å². The molecule has 2 aromatic carbocycles. The zero-order chi connectivity index (χ0) is 21.2. The van der Waals surface area contributed by atoms with Crippen molar-refractivity contribution < 1.29 is 13.9 Å². The van der Waals surface area contributed by atoms with Crippen molar-refractivity contribution >= 4 is 11.6 Å². The van der Waals surface area contributed by atoms with Gasteiger partial charge >= 0.3 is 6.01 Å². The summed E-state index contributed by atoms with van der Waals surface area (Å²) in [5.74, 6) is -0.701. The van der Waals surface area contributed by atoms with E-state index in [9.17, 15) is 9.18 Å². The Labute approximate surface area is 170 Å². The van der Waals surface area contributed by atoms with Crippen LogP contribution in [0, 0.1) is 19.7 Å². The number of halogens is 1. The summed E-state index contributed by atoms with van der Waals surface area (Å²) in [5, 5.41) is 2.86. The van der Waals surface area contributed by atoms with Crippen molar-refractivity contribution in [2.45, 2.75) is 40.0 Å². The van der Waals surface area contributed by atoms with E-state index >= 15 is 0 Å². The van der Waals surface area contributed by atoms with E-state index in [0.29, 0.717) is 22.6 Å². The van der Waals surface area contributed by atoms with Crippen LogP contribution in [0.2, 0.25) is 0 Å². The summed E-state index contributed by atoms with van der Waals surface area (Å²) in [6.07, 6.45) is 0. The summed E-state index contributed by atoms with van der Waals surface area (Å²) in [4.78, 5) is 21.2. The van der Waals surface area contributed by atoms with Gasteiger partial charge in [0.05, 0.1) is 17.1 Å². The number of rotatable bonds is 4. The van der Waals surface area contributed by atoms with Crippen LogP contribution in [0.15, 0.2) is 48.5 Å². The first-order valence-corrected chi connectivity index (χ1v) is 9.34. The van der Waals surface area contributed by atoms with E-state index in [2.05, 4.69) is 36.1 Å². The van der Waals surface area contributed by atoms with Gasteiger partial charge in [-0.05, 0) is 49.1 Å². The molecule has 0 bridgehead atoms. The van der Waals surface area contributed by atoms with Crippen molar-refractivity contribution in [2.75, 3.05) is 5.32 Å². The first-order valence-electron chi connectivity index (χ1n) is 9.34. The third-order valence-electron chi connectivity index (χ3n) is 4.54. The van der Waals surface area contributed by atoms with Gasteiger partial charge < -0.3 is 10.1 Å². The van der Waals surface area contributed by atoms with Gasteiger partial charge in [0, 0.05) is 5.56 Å². The van der Waals surface area contributed by atoms with Crippen LogP contribution < -0.4 is 10.1 Å². The molecule has 0 fully saturated rings. The van der Waals surface area contributed by atoms with Gasteiger partial charge in [-0.15, -0.1) is 0 Å². The Morgan fingerprint density at radius 2 is 1.55 bits per heavy atom. The van der Waals surface area contributed by atoms with Crippen LogP contribution in [0.25, 0.3) is 0 Å². The minimum absolute atomic E-state index is 0.0179. The number of ether oxygens (including phenoxy) is 1. The average molecular weight is 393 g/mol. The first kappa shape index (κ1) is 20.5. The average Bonchev–Trinajstić information content (AvgIpc) is 2.66. The monoisotopic (exact) mass is 393 g/mol. The highest BCUT2D eigenvalue weighted by atomic mass is 19.1. The number of benzene rings is 2. The number of para-hydroxylation sites is 1. The van der Waals surface area contributed by atoms with Crippen LogP contribution in [0.5, 0.6) is 11.8 Å². The van der Waals surface area contributed by atoms with E-state index < -0.39 is 5.82 Å². The smallest absolute Gasteiger partial charge is 0.322 e. The molecule has 6 heteroatoms. The van der Waals surface area contributed by atoms with E-state index in [1.165, 1.54) is 12.1 Å². The number of amides is 1. The molecular weight excluding hydrogens is 369 g/mol. The molecule has 0 aliphatic carbocycles. The number of aromatic nitrogens is 2. The van der Waals surface area contributed by atoms with Crippen molar-refractivity contribution in [3.8, 4) is 11.8 Å². The highest BCUT2D eigenvalue weighted by Gasteiger charge is 2.17. The maximum atomic E-state index is 13.8. The first-order chi connectivity index (χ1) is 13.6. The van der Waals surface area contributed by atoms with Crippen LogP contribution in [0.1, 0.15) is 48.1 Å². The molecule has 1 heterocycles. The molecule has 0 saturated carbocycles. The molecule has 0 saturated heterocycles. The summed E-state index contributed by atoms with van der Waals surface area (Å²) in [6.45, 7) is 9.84. The summed E-state index contributed by atoms with van der Waals surface area (Å²) in [6, 6.07) is 13.6. The van der Waals surface area contributed by atoms with Gasteiger partial charge in [-0.3, -0.25) is 4.79 Å². The van der Waals surface area contributed by atoms with Gasteiger partial charge in [-0.25, -0.2) is 4.39 Å². The van der Waals surface area contributed by atoms with E-state index in [4.69, 9.17) is 4.74 Å². The number of anilines is 1. The lowest BCUT2D eigenvalue weighted by Gasteiger charge is -2.19. The van der Waals surface area contributed by atoms with E-state index in [1.54, 1.807) is 38.1 Å². The Balaban J connectivity index is 1.79. The summed E-state index contributed by atoms with van der Waals surface area (Å²) < 4.78 is 19.2. The number of hydrogen-bond donors (Lipinski definition) is 1. The molecule has 0 atom stereocenters. The molecule has 5 nitrogen and oxygen atoms in total. The third kappa shape index (κ3) is 4.77. The number of carbonyl (C=O) groups excluding carboxylic acids is 1. The second-order valence-electron chi connectivity index (χ2n) is 7.87. The zero-order valence-electron chi connectivity index (χ0n) is 17.2. The largest absolute Gasteiger partial charge is 0.421 e. The molecule has 0 aliphatic heterocycles. The lowest BCUT2D eigenvalue weighted by Crippen LogP contribution is -2.16. The molecule has 3 aromatic rings. The molecular formula is C23H24FN3O2. The minimum Gasteiger partial charge on any atom is -0.421 e. The van der Waals surface area contributed by atoms with Crippen molar-refractivity contribution in [1.29, 1.82) is 0 Å². The van der Waals surface area contributed by atoms with Crippen LogP contribution in [-0.4, -0.2) is 15.9 Å². The normalized spacial score (nSPS) is 11.2. The minimum atomic E-state index is -0.498. The fourth-order valence-corrected chi connectivity index (χ4v) is 2.85. The molecule has 3 rings (SSSR count). The maximum Gasteiger partial charge on any atom is 0.322 e. The van der Waals surface area contributed by atoms with E-state index in [-0.39, 0.29) is 23.1 Å². The highest BCUT2D eigenvalue weighted by molar-refractivity contribution is 6.04. The number of carbonyl (C=O) groups is 1. The predicted octanol–water partition coefficient (Wildman–Crippen LogP) is 5.57. The lowest BCUT2D eigenvalue weighted by atomic mass is 9.87. The van der Waals surface area contributed by atoms with Gasteiger partial charge in [-0.2, -0.15) is 9.97 Å². The number of aryl methyl sites for hydroxylation is 2. The summed E-state index contributed by atoms with van der Waals surface area (Å²) in [7, 11) is 0. The van der Waals surface area contributed by atoms with Crippen molar-refractivity contribution in [2.24, 2.45) is 0 Å². The highest BCUT2D eigenvalue weighted by Crippen LogP contribution is 2.26. The second kappa shape index (κ2) is 7.99. The number of hydrogen-bond acceptors (Lipinski definition) is 4. The molecule has 0 aliphatic rings. The zero-order valence-corrected chi connectivity index (χ0v) is 17.2. The van der Waals surface area contributed by atoms with E-state index in [0.717, 1.165) is 5.56 Å². The van der Waals surface area contributed by atoms with Crippen molar-refractivity contribution in [1.82, 2.24) is 9.97 Å². The van der Waals surface area contributed by atoms with Crippen LogP contribution in [0.4, 0.5) is 10.1 Å². The molecule has 1 N–H and O–H groups in total. The molecule has 1 amide bonds. The second-order valence-corrected chi connectivity index (χ2v) is 7.87. The fraction of sp³-hybridized carbons (Fsp3) is 0.261. The van der Waals surface area contributed by atoms with Crippen molar-refractivity contribution in [3.63, 3.8) is 0 Å². The molecule has 0 unspecified atom stereocenters. The van der Waals surface area contributed by atoms with Gasteiger partial charge in [0.2, 0.25) is 0 Å². The Kier molecular flexibility index (Phi) is 5.64. The molecule has 0 spiro atoms. The van der Waals surface area contributed by atoms with Crippen molar-refractivity contribution in [3.05, 3.63) is 76.9 Å². The maximum absolute atomic E-state index is 13.8. The predicted molar refractivity (Wildman–Crippen MR) is 111 cm³/mol. The van der Waals surface area contributed by atoms with Gasteiger partial charge in [0.15, 0.2) is 11.6 Å². The standard InChI is InChI=1S/C23H24FN3O2/c1-14-20(27-21(28)16-10-12-17(13-11-16)23(3,4)5)15(2)26-22(25-14)29-19-9-7-6-8-18(19)24/h6-13H,1-5H3,(H,27,28). The fourth-order valence-electron chi connectivity index (χ4n) is 2.85. The Morgan fingerprint density at radius 3 is 2.10 bits per heavy atom. The third-order valence-corrected chi connectivity index (χ3v) is 4.54. The van der Waals surface area contributed by atoms with Crippen LogP contribution in [0.3, 0.4) is 0 Å². The Bertz CT molecular complexity index is 1020. The Hall–Kier alpha value is -3.28. The van der Waals surface area contributed by atoms with Gasteiger partial charge in [-0.1, -0.05) is 45.0 Å².